The standard InChI is InChI=1S/C17H16ClN3O4S2/c1-21(9-16(22)19-12-4-2-11(18)3-5-12)27(24,25)13-6-7-15-14(8-13)20-17(23)10-26-15/h2-8H,9-10H2,1H3,(H,19,22)(H,20,23). The molecule has 0 atom stereocenters. The van der Waals surface area contributed by atoms with Crippen LogP contribution in [0, 0.1) is 0 Å². The van der Waals surface area contributed by atoms with Crippen molar-refractivity contribution in [2.24, 2.45) is 0 Å². The van der Waals surface area contributed by atoms with Crippen LogP contribution in [0.5, 0.6) is 0 Å². The molecular weight excluding hydrogens is 410 g/mol. The summed E-state index contributed by atoms with van der Waals surface area (Å²) in [5, 5.41) is 5.80. The third-order valence-electron chi connectivity index (χ3n) is 3.79. The number of hydrogen-bond donors (Lipinski definition) is 2. The van der Waals surface area contributed by atoms with Crippen LogP contribution in [0.4, 0.5) is 11.4 Å². The number of rotatable bonds is 5. The third-order valence-corrected chi connectivity index (χ3v) is 6.91. The van der Waals surface area contributed by atoms with Gasteiger partial charge < -0.3 is 10.6 Å². The van der Waals surface area contributed by atoms with Gasteiger partial charge in [-0.05, 0) is 42.5 Å². The van der Waals surface area contributed by atoms with Gasteiger partial charge in [-0.25, -0.2) is 8.42 Å². The van der Waals surface area contributed by atoms with Crippen molar-refractivity contribution in [1.82, 2.24) is 4.31 Å². The number of fused-ring (bicyclic) bond motifs is 1. The van der Waals surface area contributed by atoms with Crippen molar-refractivity contribution in [3.05, 3.63) is 47.5 Å². The zero-order chi connectivity index (χ0) is 19.6. The van der Waals surface area contributed by atoms with Crippen LogP contribution in [0.15, 0.2) is 52.3 Å². The van der Waals surface area contributed by atoms with Gasteiger partial charge in [0, 0.05) is 22.7 Å². The molecule has 142 valence electrons. The molecule has 1 heterocycles. The first-order valence-corrected chi connectivity index (χ1v) is 10.6. The minimum Gasteiger partial charge on any atom is -0.325 e. The van der Waals surface area contributed by atoms with Gasteiger partial charge in [-0.15, -0.1) is 11.8 Å². The van der Waals surface area contributed by atoms with Crippen molar-refractivity contribution in [3.63, 3.8) is 0 Å². The Kier molecular flexibility index (Phi) is 5.75. The Bertz CT molecular complexity index is 994. The van der Waals surface area contributed by atoms with E-state index < -0.39 is 15.9 Å². The van der Waals surface area contributed by atoms with Crippen molar-refractivity contribution in [2.75, 3.05) is 30.0 Å². The maximum Gasteiger partial charge on any atom is 0.243 e. The summed E-state index contributed by atoms with van der Waals surface area (Å²) >= 11 is 7.14. The molecule has 0 fully saturated rings. The van der Waals surface area contributed by atoms with E-state index in [9.17, 15) is 18.0 Å². The number of nitrogens with one attached hydrogen (secondary N) is 2. The predicted octanol–water partition coefficient (Wildman–Crippen LogP) is 2.64. The number of anilines is 2. The summed E-state index contributed by atoms with van der Waals surface area (Å²) in [6, 6.07) is 11.0. The van der Waals surface area contributed by atoms with Gasteiger partial charge in [-0.1, -0.05) is 11.6 Å². The van der Waals surface area contributed by atoms with Crippen LogP contribution in [0.2, 0.25) is 5.02 Å². The molecular formula is C17H16ClN3O4S2. The van der Waals surface area contributed by atoms with E-state index in [0.29, 0.717) is 22.2 Å². The highest BCUT2D eigenvalue weighted by Crippen LogP contribution is 2.33. The van der Waals surface area contributed by atoms with E-state index in [2.05, 4.69) is 10.6 Å². The molecule has 0 bridgehead atoms. The first-order valence-electron chi connectivity index (χ1n) is 7.84. The lowest BCUT2D eigenvalue weighted by molar-refractivity contribution is -0.116. The molecule has 0 aliphatic carbocycles. The molecule has 10 heteroatoms. The van der Waals surface area contributed by atoms with Crippen molar-refractivity contribution < 1.29 is 18.0 Å². The van der Waals surface area contributed by atoms with Gasteiger partial charge in [-0.2, -0.15) is 4.31 Å². The van der Waals surface area contributed by atoms with E-state index >= 15 is 0 Å². The molecule has 0 radical (unpaired) electrons. The average Bonchev–Trinajstić information content (AvgIpc) is 2.62. The lowest BCUT2D eigenvalue weighted by Crippen LogP contribution is -2.35. The maximum absolute atomic E-state index is 12.7. The molecule has 2 N–H and O–H groups in total. The number of carbonyl (C=O) groups is 2. The summed E-state index contributed by atoms with van der Waals surface area (Å²) < 4.78 is 26.4. The number of amides is 2. The fourth-order valence-corrected chi connectivity index (χ4v) is 4.49. The van der Waals surface area contributed by atoms with Gasteiger partial charge in [0.05, 0.1) is 22.9 Å². The largest absolute Gasteiger partial charge is 0.325 e. The lowest BCUT2D eigenvalue weighted by Gasteiger charge is -2.20. The van der Waals surface area contributed by atoms with Crippen LogP contribution >= 0.6 is 23.4 Å². The van der Waals surface area contributed by atoms with E-state index in [1.54, 1.807) is 30.3 Å². The van der Waals surface area contributed by atoms with E-state index in [1.807, 2.05) is 0 Å². The zero-order valence-corrected chi connectivity index (χ0v) is 16.6. The Morgan fingerprint density at radius 2 is 1.96 bits per heavy atom. The Hall–Kier alpha value is -2.07. The van der Waals surface area contributed by atoms with E-state index in [1.165, 1.54) is 30.9 Å². The Morgan fingerprint density at radius 3 is 2.67 bits per heavy atom. The first kappa shape index (κ1) is 19.7. The smallest absolute Gasteiger partial charge is 0.243 e. The summed E-state index contributed by atoms with van der Waals surface area (Å²) in [7, 11) is -2.57. The summed E-state index contributed by atoms with van der Waals surface area (Å²) in [4.78, 5) is 24.5. The highest BCUT2D eigenvalue weighted by Gasteiger charge is 2.25. The Morgan fingerprint density at radius 1 is 1.26 bits per heavy atom. The van der Waals surface area contributed by atoms with Crippen LogP contribution in [0.3, 0.4) is 0 Å². The summed E-state index contributed by atoms with van der Waals surface area (Å²) in [5.41, 5.74) is 0.972. The molecule has 0 saturated carbocycles. The number of thioether (sulfide) groups is 1. The molecule has 0 aromatic heterocycles. The minimum absolute atomic E-state index is 0.00541. The second kappa shape index (κ2) is 7.89. The molecule has 0 unspecified atom stereocenters. The molecule has 27 heavy (non-hydrogen) atoms. The van der Waals surface area contributed by atoms with Crippen LogP contribution in [-0.4, -0.2) is 43.9 Å². The highest BCUT2D eigenvalue weighted by molar-refractivity contribution is 8.00. The number of carbonyl (C=O) groups excluding carboxylic acids is 2. The van der Waals surface area contributed by atoms with Crippen molar-refractivity contribution >= 4 is 56.6 Å². The highest BCUT2D eigenvalue weighted by atomic mass is 35.5. The van der Waals surface area contributed by atoms with Crippen molar-refractivity contribution in [3.8, 4) is 0 Å². The number of halogens is 1. The predicted molar refractivity (Wildman–Crippen MR) is 106 cm³/mol. The molecule has 0 saturated heterocycles. The maximum atomic E-state index is 12.7. The SMILES string of the molecule is CN(CC(=O)Nc1ccc(Cl)cc1)S(=O)(=O)c1ccc2c(c1)NC(=O)CS2. The van der Waals surface area contributed by atoms with E-state index in [4.69, 9.17) is 11.6 Å². The van der Waals surface area contributed by atoms with Crippen LogP contribution < -0.4 is 10.6 Å². The third kappa shape index (κ3) is 4.62. The average molecular weight is 426 g/mol. The van der Waals surface area contributed by atoms with E-state index in [0.717, 1.165) is 9.20 Å². The van der Waals surface area contributed by atoms with Gasteiger partial charge in [0.25, 0.3) is 0 Å². The van der Waals surface area contributed by atoms with Crippen LogP contribution in [0.25, 0.3) is 0 Å². The molecule has 2 aromatic rings. The lowest BCUT2D eigenvalue weighted by atomic mass is 10.3. The first-order chi connectivity index (χ1) is 12.8. The number of nitrogens with zero attached hydrogens (tertiary/aromatic N) is 1. The van der Waals surface area contributed by atoms with Gasteiger partial charge in [-0.3, -0.25) is 9.59 Å². The minimum atomic E-state index is -3.89. The fraction of sp³-hybridized carbons (Fsp3) is 0.176. The van der Waals surface area contributed by atoms with Gasteiger partial charge in [0.1, 0.15) is 0 Å². The molecule has 1 aliphatic heterocycles. The quantitative estimate of drug-likeness (QED) is 0.767. The fourth-order valence-electron chi connectivity index (χ4n) is 2.42. The summed E-state index contributed by atoms with van der Waals surface area (Å²) in [5.74, 6) is -0.368. The summed E-state index contributed by atoms with van der Waals surface area (Å²) in [6.07, 6.45) is 0. The normalized spacial score (nSPS) is 13.8. The number of hydrogen-bond acceptors (Lipinski definition) is 5. The molecule has 1 aliphatic rings. The number of likely N-dealkylation sites (N-methyl/N-ethyl adjacent to an activating group) is 1. The Labute approximate surface area is 166 Å². The van der Waals surface area contributed by atoms with Gasteiger partial charge >= 0.3 is 0 Å². The molecule has 7 nitrogen and oxygen atoms in total. The molecule has 2 amide bonds. The van der Waals surface area contributed by atoms with Crippen molar-refractivity contribution in [2.45, 2.75) is 9.79 Å². The monoisotopic (exact) mass is 425 g/mol. The zero-order valence-electron chi connectivity index (χ0n) is 14.2. The van der Waals surface area contributed by atoms with Crippen LogP contribution in [0.1, 0.15) is 0 Å². The van der Waals surface area contributed by atoms with Gasteiger partial charge in [0.15, 0.2) is 0 Å². The second-order valence-electron chi connectivity index (χ2n) is 5.81. The number of sulfonamides is 1. The second-order valence-corrected chi connectivity index (χ2v) is 9.31. The topological polar surface area (TPSA) is 95.6 Å². The molecule has 2 aromatic carbocycles. The molecule has 3 rings (SSSR count). The number of benzene rings is 2. The summed E-state index contributed by atoms with van der Waals surface area (Å²) in [6.45, 7) is -0.358. The van der Waals surface area contributed by atoms with Crippen LogP contribution in [-0.2, 0) is 19.6 Å². The molecule has 0 spiro atoms. The van der Waals surface area contributed by atoms with Gasteiger partial charge in [0.2, 0.25) is 21.8 Å². The van der Waals surface area contributed by atoms with E-state index in [-0.39, 0.29) is 17.3 Å². The van der Waals surface area contributed by atoms with Crippen molar-refractivity contribution in [1.29, 1.82) is 0 Å². The Balaban J connectivity index is 1.72.